The summed E-state index contributed by atoms with van der Waals surface area (Å²) in [6.45, 7) is 13.1. The van der Waals surface area contributed by atoms with Gasteiger partial charge in [0.25, 0.3) is 0 Å². The van der Waals surface area contributed by atoms with Crippen LogP contribution in [0.25, 0.3) is 0 Å². The normalized spacial score (nSPS) is 11.1. The average molecular weight is 265 g/mol. The van der Waals surface area contributed by atoms with E-state index in [0.29, 0.717) is 12.5 Å². The molecule has 3 heteroatoms. The Balaban J connectivity index is 2.48. The molecule has 0 saturated heterocycles. The fraction of sp³-hybridized carbons (Fsp3) is 0.625. The van der Waals surface area contributed by atoms with E-state index in [9.17, 15) is 0 Å². The first-order chi connectivity index (χ1) is 9.17. The Morgan fingerprint density at radius 1 is 1.00 bits per heavy atom. The van der Waals surface area contributed by atoms with E-state index in [4.69, 9.17) is 9.47 Å². The predicted octanol–water partition coefficient (Wildman–Crippen LogP) is 3.44. The molecule has 0 saturated carbocycles. The number of para-hydroxylation sites is 2. The number of nitrogens with zero attached hydrogens (tertiary/aromatic N) is 1. The molecule has 0 unspecified atom stereocenters. The van der Waals surface area contributed by atoms with E-state index in [-0.39, 0.29) is 0 Å². The molecule has 0 aromatic heterocycles. The summed E-state index contributed by atoms with van der Waals surface area (Å²) in [7, 11) is 0. The zero-order chi connectivity index (χ0) is 14.1. The van der Waals surface area contributed by atoms with Crippen LogP contribution in [0.15, 0.2) is 24.3 Å². The van der Waals surface area contributed by atoms with Crippen LogP contribution in [0.3, 0.4) is 0 Å². The molecule has 0 aliphatic heterocycles. The lowest BCUT2D eigenvalue weighted by Crippen LogP contribution is -2.28. The van der Waals surface area contributed by atoms with Crippen LogP contribution < -0.4 is 9.47 Å². The second-order valence-corrected chi connectivity index (χ2v) is 5.03. The summed E-state index contributed by atoms with van der Waals surface area (Å²) in [5.74, 6) is 2.20. The van der Waals surface area contributed by atoms with Crippen LogP contribution in [-0.4, -0.2) is 37.7 Å². The summed E-state index contributed by atoms with van der Waals surface area (Å²) < 4.78 is 11.6. The van der Waals surface area contributed by atoms with E-state index in [2.05, 4.69) is 32.6 Å². The Kier molecular flexibility index (Phi) is 7.34. The molecule has 1 rings (SSSR count). The first-order valence-corrected chi connectivity index (χ1v) is 7.24. The van der Waals surface area contributed by atoms with E-state index in [1.54, 1.807) is 0 Å². The van der Waals surface area contributed by atoms with Crippen LogP contribution in [0.4, 0.5) is 0 Å². The smallest absolute Gasteiger partial charge is 0.161 e. The lowest BCUT2D eigenvalue weighted by Gasteiger charge is -2.19. The van der Waals surface area contributed by atoms with Gasteiger partial charge in [-0.15, -0.1) is 0 Å². The quantitative estimate of drug-likeness (QED) is 0.682. The van der Waals surface area contributed by atoms with Crippen molar-refractivity contribution in [2.45, 2.75) is 27.7 Å². The molecule has 0 fully saturated rings. The van der Waals surface area contributed by atoms with E-state index in [1.165, 1.54) is 0 Å². The Bertz CT molecular complexity index is 348. The second kappa shape index (κ2) is 8.81. The van der Waals surface area contributed by atoms with Gasteiger partial charge < -0.3 is 14.4 Å². The molecule has 0 heterocycles. The first kappa shape index (κ1) is 15.8. The number of ether oxygens (including phenoxy) is 2. The molecule has 1 aromatic carbocycles. The van der Waals surface area contributed by atoms with Gasteiger partial charge in [-0.1, -0.05) is 39.8 Å². The third-order valence-corrected chi connectivity index (χ3v) is 2.98. The fourth-order valence-electron chi connectivity index (χ4n) is 1.77. The summed E-state index contributed by atoms with van der Waals surface area (Å²) in [6.07, 6.45) is 0. The van der Waals surface area contributed by atoms with Gasteiger partial charge in [0.2, 0.25) is 0 Å². The van der Waals surface area contributed by atoms with E-state index in [1.807, 2.05) is 24.3 Å². The standard InChI is InChI=1S/C16H27NO2/c1-5-17(6-2)11-12-18-15-9-7-8-10-16(15)19-13-14(3)4/h7-10,14H,5-6,11-13H2,1-4H3. The van der Waals surface area contributed by atoms with Gasteiger partial charge in [0, 0.05) is 6.54 Å². The summed E-state index contributed by atoms with van der Waals surface area (Å²) in [4.78, 5) is 2.34. The number of benzene rings is 1. The van der Waals surface area contributed by atoms with E-state index < -0.39 is 0 Å². The summed E-state index contributed by atoms with van der Waals surface area (Å²) in [5.41, 5.74) is 0. The van der Waals surface area contributed by atoms with E-state index >= 15 is 0 Å². The molecule has 0 N–H and O–H groups in total. The Hall–Kier alpha value is -1.22. The highest BCUT2D eigenvalue weighted by Crippen LogP contribution is 2.26. The van der Waals surface area contributed by atoms with Crippen molar-refractivity contribution in [3.8, 4) is 11.5 Å². The van der Waals surface area contributed by atoms with Crippen LogP contribution in [0, 0.1) is 5.92 Å². The summed E-state index contributed by atoms with van der Waals surface area (Å²) in [6, 6.07) is 7.90. The topological polar surface area (TPSA) is 21.7 Å². The van der Waals surface area contributed by atoms with Gasteiger partial charge in [0.15, 0.2) is 11.5 Å². The monoisotopic (exact) mass is 265 g/mol. The third-order valence-electron chi connectivity index (χ3n) is 2.98. The van der Waals surface area contributed by atoms with Gasteiger partial charge in [0.1, 0.15) is 6.61 Å². The Morgan fingerprint density at radius 2 is 1.58 bits per heavy atom. The SMILES string of the molecule is CCN(CC)CCOc1ccccc1OCC(C)C. The second-order valence-electron chi connectivity index (χ2n) is 5.03. The van der Waals surface area contributed by atoms with Crippen LogP contribution in [0.2, 0.25) is 0 Å². The zero-order valence-electron chi connectivity index (χ0n) is 12.7. The molecule has 0 aliphatic carbocycles. The highest BCUT2D eigenvalue weighted by atomic mass is 16.5. The molecule has 19 heavy (non-hydrogen) atoms. The van der Waals surface area contributed by atoms with Gasteiger partial charge in [0.05, 0.1) is 6.61 Å². The molecule has 108 valence electrons. The number of likely N-dealkylation sites (N-methyl/N-ethyl adjacent to an activating group) is 1. The molecule has 3 nitrogen and oxygen atoms in total. The van der Waals surface area contributed by atoms with Gasteiger partial charge in [-0.2, -0.15) is 0 Å². The van der Waals surface area contributed by atoms with Crippen LogP contribution in [-0.2, 0) is 0 Å². The molecule has 0 spiro atoms. The summed E-state index contributed by atoms with van der Waals surface area (Å²) >= 11 is 0. The number of rotatable bonds is 9. The maximum Gasteiger partial charge on any atom is 0.161 e. The molecule has 0 bridgehead atoms. The van der Waals surface area contributed by atoms with Crippen LogP contribution in [0.1, 0.15) is 27.7 Å². The minimum Gasteiger partial charge on any atom is -0.489 e. The van der Waals surface area contributed by atoms with Crippen molar-refractivity contribution < 1.29 is 9.47 Å². The lowest BCUT2D eigenvalue weighted by atomic mass is 10.2. The van der Waals surface area contributed by atoms with Crippen LogP contribution >= 0.6 is 0 Å². The van der Waals surface area contributed by atoms with Gasteiger partial charge in [-0.05, 0) is 31.1 Å². The average Bonchev–Trinajstić information content (AvgIpc) is 2.42. The van der Waals surface area contributed by atoms with Crippen molar-refractivity contribution >= 4 is 0 Å². The molecule has 0 atom stereocenters. The highest BCUT2D eigenvalue weighted by molar-refractivity contribution is 5.39. The fourth-order valence-corrected chi connectivity index (χ4v) is 1.77. The number of hydrogen-bond acceptors (Lipinski definition) is 3. The van der Waals surface area contributed by atoms with Gasteiger partial charge >= 0.3 is 0 Å². The molecule has 1 aromatic rings. The molecular weight excluding hydrogens is 238 g/mol. The molecule has 0 radical (unpaired) electrons. The van der Waals surface area contributed by atoms with Crippen molar-refractivity contribution in [1.29, 1.82) is 0 Å². The van der Waals surface area contributed by atoms with Crippen molar-refractivity contribution in [1.82, 2.24) is 4.90 Å². The zero-order valence-corrected chi connectivity index (χ0v) is 12.7. The van der Waals surface area contributed by atoms with Crippen LogP contribution in [0.5, 0.6) is 11.5 Å². The summed E-state index contributed by atoms with van der Waals surface area (Å²) in [5, 5.41) is 0. The van der Waals surface area contributed by atoms with Crippen molar-refractivity contribution in [2.75, 3.05) is 32.8 Å². The minimum atomic E-state index is 0.517. The predicted molar refractivity (Wildman–Crippen MR) is 80.1 cm³/mol. The highest BCUT2D eigenvalue weighted by Gasteiger charge is 2.06. The Morgan fingerprint density at radius 3 is 2.11 bits per heavy atom. The lowest BCUT2D eigenvalue weighted by molar-refractivity contribution is 0.207. The van der Waals surface area contributed by atoms with E-state index in [0.717, 1.165) is 37.7 Å². The van der Waals surface area contributed by atoms with Gasteiger partial charge in [-0.25, -0.2) is 0 Å². The number of hydrogen-bond donors (Lipinski definition) is 0. The first-order valence-electron chi connectivity index (χ1n) is 7.24. The van der Waals surface area contributed by atoms with Crippen molar-refractivity contribution in [3.63, 3.8) is 0 Å². The maximum atomic E-state index is 5.84. The molecule has 0 aliphatic rings. The van der Waals surface area contributed by atoms with Crippen molar-refractivity contribution in [3.05, 3.63) is 24.3 Å². The molecular formula is C16H27NO2. The third kappa shape index (κ3) is 5.97. The van der Waals surface area contributed by atoms with Gasteiger partial charge in [-0.3, -0.25) is 0 Å². The molecule has 0 amide bonds. The Labute approximate surface area is 117 Å². The minimum absolute atomic E-state index is 0.517. The van der Waals surface area contributed by atoms with Crippen molar-refractivity contribution in [2.24, 2.45) is 5.92 Å². The maximum absolute atomic E-state index is 5.84. The largest absolute Gasteiger partial charge is 0.489 e.